The van der Waals surface area contributed by atoms with Crippen molar-refractivity contribution in [1.29, 1.82) is 0 Å². The molecule has 1 nitrogen and oxygen atoms in total. The minimum absolute atomic E-state index is 0. The molecule has 0 aliphatic rings. The molecule has 0 saturated heterocycles. The van der Waals surface area contributed by atoms with Crippen molar-refractivity contribution in [3.63, 3.8) is 0 Å². The van der Waals surface area contributed by atoms with E-state index < -0.39 is 19.1 Å². The summed E-state index contributed by atoms with van der Waals surface area (Å²) in [5, 5.41) is 0. The van der Waals surface area contributed by atoms with Crippen LogP contribution < -0.4 is 0 Å². The molecule has 0 aliphatic heterocycles. The van der Waals surface area contributed by atoms with Crippen LogP contribution in [0, 0.1) is 0 Å². The molecular weight excluding hydrogens is 560 g/mol. The van der Waals surface area contributed by atoms with E-state index in [0.717, 1.165) is 0 Å². The molecule has 24 valence electrons. The van der Waals surface area contributed by atoms with Crippen molar-refractivity contribution in [1.82, 2.24) is 0 Å². The number of hydrogen-bond acceptors (Lipinski definition) is 1. The van der Waals surface area contributed by atoms with Gasteiger partial charge in [0.25, 0.3) is 0 Å². The van der Waals surface area contributed by atoms with Gasteiger partial charge in [-0.2, -0.15) is 0 Å². The van der Waals surface area contributed by atoms with Crippen LogP contribution in [0.4, 0.5) is 0 Å². The summed E-state index contributed by atoms with van der Waals surface area (Å²) in [5.74, 6) is 0. The second-order valence-electron chi connectivity index (χ2n) is 0.0816. The summed E-state index contributed by atoms with van der Waals surface area (Å²) in [5.41, 5.74) is 0. The first-order chi connectivity index (χ1) is 1.41. The van der Waals surface area contributed by atoms with Gasteiger partial charge in [-0.1, -0.05) is 0 Å². The first-order valence-corrected chi connectivity index (χ1v) is 13.4. The fourth-order valence-corrected chi connectivity index (χ4v) is 0. The van der Waals surface area contributed by atoms with Gasteiger partial charge in [0.15, 0.2) is 0 Å². The fraction of sp³-hybridized carbons (Fsp3) is 0. The Morgan fingerprint density at radius 1 is 1.75 bits per heavy atom. The molecule has 0 N–H and O–H groups in total. The van der Waals surface area contributed by atoms with Gasteiger partial charge in [-0.3, -0.25) is 0 Å². The normalized spacial score (nSPS) is 3.25. The molecule has 0 spiro atoms. The maximum absolute atomic E-state index is 9.13. The predicted molar refractivity (Wildman–Crippen MR) is 22.1 cm³/mol. The molecule has 4 heavy (non-hydrogen) atoms. The van der Waals surface area contributed by atoms with Gasteiger partial charge in [-0.25, -0.2) is 0 Å². The molecule has 0 saturated carbocycles. The molecule has 2 radical (unpaired) electrons. The average molecular weight is 563 g/mol. The minimum atomic E-state index is -1.03. The van der Waals surface area contributed by atoms with Crippen LogP contribution in [0.15, 0.2) is 0 Å². The van der Waals surface area contributed by atoms with Crippen LogP contribution in [-0.4, -0.2) is 64.2 Å². The molecule has 4 heteroatoms. The summed E-state index contributed by atoms with van der Waals surface area (Å²) in [7, 11) is 0. The zero-order valence-corrected chi connectivity index (χ0v) is 13.5. The van der Waals surface area contributed by atoms with Crippen LogP contribution in [0.3, 0.4) is 0 Å². The van der Waals surface area contributed by atoms with E-state index in [9.17, 15) is 0 Å². The molecule has 0 heterocycles. The zero-order chi connectivity index (χ0) is 2.71. The molecule has 0 bridgehead atoms. The predicted octanol–water partition coefficient (Wildman–Crippen LogP) is -2.06. The second-order valence-corrected chi connectivity index (χ2v) is 4.81. The molecule has 0 rings (SSSR count). The van der Waals surface area contributed by atoms with Crippen molar-refractivity contribution >= 4 is 64.2 Å². The summed E-state index contributed by atoms with van der Waals surface area (Å²) >= 11 is 0.444. The van der Waals surface area contributed by atoms with Gasteiger partial charge in [-0.05, 0) is 0 Å². The summed E-state index contributed by atoms with van der Waals surface area (Å²) in [4.78, 5) is 0. The van der Waals surface area contributed by atoms with Crippen LogP contribution in [0.25, 0.3) is 0 Å². The van der Waals surface area contributed by atoms with E-state index in [1.54, 1.807) is 0 Å². The standard InChI is InChI=1S/Bi.O.Pb.H2Te.2H/h;;;1H2;;/q+1;;;;;/p-1. The summed E-state index contributed by atoms with van der Waals surface area (Å²) in [6, 6.07) is 0. The fourth-order valence-electron chi connectivity index (χ4n) is 0. The van der Waals surface area contributed by atoms with Gasteiger partial charge in [-0.15, -0.1) is 0 Å². The van der Waals surface area contributed by atoms with Gasteiger partial charge in [0.1, 0.15) is 0 Å². The molecule has 0 aromatic rings. The van der Waals surface area contributed by atoms with E-state index >= 15 is 0 Å². The zero-order valence-electron chi connectivity index (χ0n) is 2.01. The van der Waals surface area contributed by atoms with E-state index in [1.165, 1.54) is 17.8 Å². The molecule has 0 fully saturated rings. The topological polar surface area (TPSA) is 17.1 Å². The summed E-state index contributed by atoms with van der Waals surface area (Å²) < 4.78 is 9.13. The number of rotatable bonds is 0. The van der Waals surface area contributed by atoms with Gasteiger partial charge in [0.05, 0.1) is 0 Å². The van der Waals surface area contributed by atoms with Crippen molar-refractivity contribution in [2.45, 2.75) is 0 Å². The Morgan fingerprint density at radius 2 is 1.75 bits per heavy atom. The molecule has 0 amide bonds. The molecule has 0 unspecified atom stereocenters. The maximum atomic E-state index is 9.13. The Kier molecular flexibility index (Phi) is 21.8. The van der Waals surface area contributed by atoms with Gasteiger partial charge < -0.3 is 0 Å². The Labute approximate surface area is 65.6 Å². The third kappa shape index (κ3) is 8.83. The van der Waals surface area contributed by atoms with Crippen molar-refractivity contribution in [3.05, 3.63) is 0 Å². The first-order valence-electron chi connectivity index (χ1n) is 0.383. The molecular formula is H3BiOPbTe. The van der Waals surface area contributed by atoms with Crippen LogP contribution in [0.5, 0.6) is 0 Å². The average Bonchev–Trinajstić information content (AvgIpc) is 0.918. The van der Waals surface area contributed by atoms with E-state index in [1.807, 2.05) is 0 Å². The van der Waals surface area contributed by atoms with Crippen molar-refractivity contribution in [2.24, 2.45) is 0 Å². The van der Waals surface area contributed by atoms with Gasteiger partial charge in [0, 0.05) is 0 Å². The Hall–Kier alpha value is 2.39. The van der Waals surface area contributed by atoms with Gasteiger partial charge >= 0.3 is 67.0 Å². The Bertz CT molecular complexity index is 15.5. The van der Waals surface area contributed by atoms with Crippen LogP contribution in [-0.2, 0) is 2.81 Å². The molecule has 0 aliphatic carbocycles. The molecule has 0 atom stereocenters. The first kappa shape index (κ1) is 9.64. The van der Waals surface area contributed by atoms with E-state index in [4.69, 9.17) is 2.81 Å². The van der Waals surface area contributed by atoms with E-state index in [2.05, 4.69) is 0 Å². The van der Waals surface area contributed by atoms with Crippen molar-refractivity contribution in [2.75, 3.05) is 0 Å². The van der Waals surface area contributed by atoms with Crippen molar-refractivity contribution < 1.29 is 2.81 Å². The SMILES string of the molecule is [O]=[Bi][TeH].[PbH2]. The quantitative estimate of drug-likeness (QED) is 0.311. The Balaban J connectivity index is 0. The van der Waals surface area contributed by atoms with E-state index in [0.29, 0.717) is 0 Å². The van der Waals surface area contributed by atoms with Gasteiger partial charge in [0.2, 0.25) is 0 Å². The van der Waals surface area contributed by atoms with E-state index in [-0.39, 0.29) is 27.3 Å². The summed E-state index contributed by atoms with van der Waals surface area (Å²) in [6.07, 6.45) is 0. The number of hydrogen-bond donors (Lipinski definition) is 0. The van der Waals surface area contributed by atoms with Crippen LogP contribution >= 0.6 is 0 Å². The third-order valence-corrected chi connectivity index (χ3v) is 0. The van der Waals surface area contributed by atoms with Crippen LogP contribution in [0.1, 0.15) is 0 Å². The third-order valence-electron chi connectivity index (χ3n) is 0. The molecule has 0 aromatic heterocycles. The van der Waals surface area contributed by atoms with Crippen LogP contribution in [0.2, 0.25) is 0 Å². The Morgan fingerprint density at radius 3 is 1.75 bits per heavy atom. The second kappa shape index (κ2) is 9.04. The monoisotopic (exact) mass is 566 g/mol. The summed E-state index contributed by atoms with van der Waals surface area (Å²) in [6.45, 7) is 0. The molecule has 0 aromatic carbocycles. The van der Waals surface area contributed by atoms with Crippen molar-refractivity contribution in [3.8, 4) is 0 Å².